The molecule has 0 saturated carbocycles. The van der Waals surface area contributed by atoms with E-state index in [0.717, 1.165) is 20.3 Å². The molecule has 2 rings (SSSR count). The van der Waals surface area contributed by atoms with Gasteiger partial charge in [-0.15, -0.1) is 0 Å². The molecular weight excluding hydrogens is 378 g/mol. The largest absolute Gasteiger partial charge is 0.457 e. The van der Waals surface area contributed by atoms with Gasteiger partial charge in [0, 0.05) is 8.95 Å². The highest BCUT2D eigenvalue weighted by atomic mass is 79.9. The molecule has 0 unspecified atom stereocenters. The molecule has 0 aliphatic heterocycles. The first kappa shape index (κ1) is 13.5. The van der Waals surface area contributed by atoms with Crippen LogP contribution in [-0.2, 0) is 0 Å². The second kappa shape index (κ2) is 5.82. The van der Waals surface area contributed by atoms with Crippen LogP contribution in [0.3, 0.4) is 0 Å². The Morgan fingerprint density at radius 2 is 1.61 bits per heavy atom. The average Bonchev–Trinajstić information content (AvgIpc) is 2.32. The zero-order valence-electron chi connectivity index (χ0n) is 9.19. The molecule has 0 amide bonds. The van der Waals surface area contributed by atoms with Gasteiger partial charge in [-0.1, -0.05) is 44.1 Å². The normalized spacial score (nSPS) is 10.1. The molecule has 2 N–H and O–H groups in total. The van der Waals surface area contributed by atoms with E-state index < -0.39 is 0 Å². The first-order valence-corrected chi connectivity index (χ1v) is 7.08. The Balaban J connectivity index is 2.35. The predicted octanol–water partition coefficient (Wildman–Crippen LogP) is 4.64. The van der Waals surface area contributed by atoms with E-state index in [0.29, 0.717) is 10.7 Å². The summed E-state index contributed by atoms with van der Waals surface area (Å²) in [6.45, 7) is 0. The van der Waals surface area contributed by atoms with Crippen molar-refractivity contribution in [1.29, 1.82) is 0 Å². The lowest BCUT2D eigenvalue weighted by atomic mass is 10.2. The molecule has 0 atom stereocenters. The van der Waals surface area contributed by atoms with Crippen LogP contribution in [0.1, 0.15) is 5.56 Å². The minimum Gasteiger partial charge on any atom is -0.457 e. The molecule has 18 heavy (non-hydrogen) atoms. The van der Waals surface area contributed by atoms with Gasteiger partial charge in [0.1, 0.15) is 16.5 Å². The van der Waals surface area contributed by atoms with Gasteiger partial charge in [-0.3, -0.25) is 0 Å². The lowest BCUT2D eigenvalue weighted by Gasteiger charge is -2.10. The van der Waals surface area contributed by atoms with Crippen molar-refractivity contribution in [2.75, 3.05) is 0 Å². The summed E-state index contributed by atoms with van der Waals surface area (Å²) in [6.07, 6.45) is 0. The van der Waals surface area contributed by atoms with Crippen LogP contribution < -0.4 is 10.5 Å². The highest BCUT2D eigenvalue weighted by Crippen LogP contribution is 2.29. The second-order valence-electron chi connectivity index (χ2n) is 3.56. The van der Waals surface area contributed by atoms with Gasteiger partial charge in [-0.05, 0) is 42.5 Å². The van der Waals surface area contributed by atoms with Crippen molar-refractivity contribution >= 4 is 49.1 Å². The number of ether oxygens (including phenoxy) is 1. The van der Waals surface area contributed by atoms with Crippen LogP contribution in [-0.4, -0.2) is 4.99 Å². The quantitative estimate of drug-likeness (QED) is 0.780. The molecule has 2 nitrogen and oxygen atoms in total. The fourth-order valence-corrected chi connectivity index (χ4v) is 2.19. The summed E-state index contributed by atoms with van der Waals surface area (Å²) >= 11 is 11.8. The topological polar surface area (TPSA) is 35.2 Å². The number of rotatable bonds is 3. The van der Waals surface area contributed by atoms with Crippen molar-refractivity contribution in [2.45, 2.75) is 0 Å². The summed E-state index contributed by atoms with van der Waals surface area (Å²) in [7, 11) is 0. The van der Waals surface area contributed by atoms with E-state index in [-0.39, 0.29) is 0 Å². The zero-order valence-corrected chi connectivity index (χ0v) is 13.2. The van der Waals surface area contributed by atoms with Gasteiger partial charge in [0.05, 0.1) is 5.56 Å². The van der Waals surface area contributed by atoms with Crippen LogP contribution in [0.4, 0.5) is 0 Å². The van der Waals surface area contributed by atoms with Gasteiger partial charge >= 0.3 is 0 Å². The van der Waals surface area contributed by atoms with E-state index in [1.807, 2.05) is 42.5 Å². The predicted molar refractivity (Wildman–Crippen MR) is 84.2 cm³/mol. The molecule has 0 fully saturated rings. The summed E-state index contributed by atoms with van der Waals surface area (Å²) in [6, 6.07) is 13.1. The molecule has 0 aliphatic carbocycles. The van der Waals surface area contributed by atoms with Crippen molar-refractivity contribution in [3.8, 4) is 11.5 Å². The number of hydrogen-bond donors (Lipinski definition) is 1. The third-order valence-electron chi connectivity index (χ3n) is 2.25. The number of nitrogens with two attached hydrogens (primary N) is 1. The highest BCUT2D eigenvalue weighted by molar-refractivity contribution is 9.10. The van der Waals surface area contributed by atoms with Gasteiger partial charge in [-0.2, -0.15) is 0 Å². The van der Waals surface area contributed by atoms with Crippen molar-refractivity contribution in [3.63, 3.8) is 0 Å². The fourth-order valence-electron chi connectivity index (χ4n) is 1.41. The molecule has 0 heterocycles. The standard InChI is InChI=1S/C13H9Br2NOS/c14-8-1-4-10(5-2-8)17-12-7-9(15)3-6-11(12)13(16)18/h1-7H,(H2,16,18). The molecule has 0 radical (unpaired) electrons. The molecule has 92 valence electrons. The van der Waals surface area contributed by atoms with Crippen LogP contribution in [0.15, 0.2) is 51.4 Å². The monoisotopic (exact) mass is 385 g/mol. The average molecular weight is 387 g/mol. The molecule has 2 aromatic carbocycles. The summed E-state index contributed by atoms with van der Waals surface area (Å²) in [5.41, 5.74) is 6.39. The van der Waals surface area contributed by atoms with Crippen molar-refractivity contribution in [1.82, 2.24) is 0 Å². The lowest BCUT2D eigenvalue weighted by Crippen LogP contribution is -2.10. The number of hydrogen-bond acceptors (Lipinski definition) is 2. The first-order chi connectivity index (χ1) is 8.56. The van der Waals surface area contributed by atoms with Crippen LogP contribution in [0.25, 0.3) is 0 Å². The highest BCUT2D eigenvalue weighted by Gasteiger charge is 2.08. The third-order valence-corrected chi connectivity index (χ3v) is 3.49. The van der Waals surface area contributed by atoms with Gasteiger partial charge in [0.15, 0.2) is 0 Å². The minimum atomic E-state index is 0.314. The van der Waals surface area contributed by atoms with Crippen molar-refractivity contribution < 1.29 is 4.74 Å². The fraction of sp³-hybridized carbons (Fsp3) is 0. The summed E-state index contributed by atoms with van der Waals surface area (Å²) < 4.78 is 7.70. The van der Waals surface area contributed by atoms with Gasteiger partial charge in [-0.25, -0.2) is 0 Å². The minimum absolute atomic E-state index is 0.314. The Morgan fingerprint density at radius 1 is 1.00 bits per heavy atom. The number of benzene rings is 2. The molecule has 0 spiro atoms. The van der Waals surface area contributed by atoms with E-state index in [1.54, 1.807) is 0 Å². The maximum atomic E-state index is 5.79. The molecule has 0 bridgehead atoms. The third kappa shape index (κ3) is 3.31. The Labute approximate surface area is 127 Å². The van der Waals surface area contributed by atoms with Crippen LogP contribution >= 0.6 is 44.1 Å². The number of halogens is 2. The first-order valence-electron chi connectivity index (χ1n) is 5.09. The van der Waals surface area contributed by atoms with Crippen LogP contribution in [0, 0.1) is 0 Å². The molecule has 2 aromatic rings. The summed E-state index contributed by atoms with van der Waals surface area (Å²) in [5, 5.41) is 0. The van der Waals surface area contributed by atoms with E-state index >= 15 is 0 Å². The van der Waals surface area contributed by atoms with Gasteiger partial charge in [0.2, 0.25) is 0 Å². The smallest absolute Gasteiger partial charge is 0.138 e. The Bertz CT molecular complexity index is 584. The summed E-state index contributed by atoms with van der Waals surface area (Å²) in [4.78, 5) is 0.314. The van der Waals surface area contributed by atoms with Crippen LogP contribution in [0.5, 0.6) is 11.5 Å². The Morgan fingerprint density at radius 3 is 2.22 bits per heavy atom. The van der Waals surface area contributed by atoms with Crippen LogP contribution in [0.2, 0.25) is 0 Å². The maximum absolute atomic E-state index is 5.79. The van der Waals surface area contributed by atoms with E-state index in [9.17, 15) is 0 Å². The lowest BCUT2D eigenvalue weighted by molar-refractivity contribution is 0.481. The SMILES string of the molecule is NC(=S)c1ccc(Br)cc1Oc1ccc(Br)cc1. The van der Waals surface area contributed by atoms with Gasteiger partial charge < -0.3 is 10.5 Å². The van der Waals surface area contributed by atoms with Gasteiger partial charge in [0.25, 0.3) is 0 Å². The zero-order chi connectivity index (χ0) is 13.1. The Hall–Kier alpha value is -0.910. The van der Waals surface area contributed by atoms with Crippen molar-refractivity contribution in [2.24, 2.45) is 5.73 Å². The molecule has 0 saturated heterocycles. The van der Waals surface area contributed by atoms with E-state index in [4.69, 9.17) is 22.7 Å². The van der Waals surface area contributed by atoms with E-state index in [2.05, 4.69) is 31.9 Å². The molecule has 5 heteroatoms. The molecular formula is C13H9Br2NOS. The Kier molecular flexibility index (Phi) is 4.37. The van der Waals surface area contributed by atoms with Crippen molar-refractivity contribution in [3.05, 3.63) is 57.0 Å². The second-order valence-corrected chi connectivity index (χ2v) is 5.83. The van der Waals surface area contributed by atoms with E-state index in [1.165, 1.54) is 0 Å². The number of thiocarbonyl (C=S) groups is 1. The molecule has 0 aliphatic rings. The summed E-state index contributed by atoms with van der Waals surface area (Å²) in [5.74, 6) is 1.37. The molecule has 0 aromatic heterocycles. The maximum Gasteiger partial charge on any atom is 0.138 e.